The molecule has 1 aromatic heterocycles. The number of aromatic nitrogens is 2. The Bertz CT molecular complexity index is 599. The van der Waals surface area contributed by atoms with Crippen LogP contribution in [0.2, 0.25) is 0 Å². The molecule has 2 rings (SSSR count). The minimum Gasteiger partial charge on any atom is -0.480 e. The molecule has 1 heterocycles. The van der Waals surface area contributed by atoms with E-state index < -0.39 is 17.8 Å². The Kier molecular flexibility index (Phi) is 4.42. The molecule has 2 aromatic rings. The molecule has 0 saturated heterocycles. The number of hydrogen-bond acceptors (Lipinski definition) is 4. The van der Waals surface area contributed by atoms with E-state index in [0.29, 0.717) is 17.1 Å². The number of halogens is 3. The van der Waals surface area contributed by atoms with Gasteiger partial charge in [0.1, 0.15) is 0 Å². The second kappa shape index (κ2) is 6.09. The molecule has 1 aromatic carbocycles. The summed E-state index contributed by atoms with van der Waals surface area (Å²) < 4.78 is 42.8. The van der Waals surface area contributed by atoms with Crippen LogP contribution in [0.3, 0.4) is 0 Å². The Balaban J connectivity index is 2.13. The Morgan fingerprint density at radius 2 is 1.95 bits per heavy atom. The van der Waals surface area contributed by atoms with Crippen molar-refractivity contribution in [2.45, 2.75) is 18.6 Å². The smallest absolute Gasteiger partial charge is 0.416 e. The number of ether oxygens (including phenoxy) is 1. The first-order chi connectivity index (χ1) is 9.90. The predicted molar refractivity (Wildman–Crippen MR) is 70.7 cm³/mol. The van der Waals surface area contributed by atoms with E-state index in [0.717, 1.165) is 12.1 Å². The number of hydrogen-bond donors (Lipinski definition) is 1. The summed E-state index contributed by atoms with van der Waals surface area (Å²) in [5, 5.41) is 7.68. The lowest BCUT2D eigenvalue weighted by molar-refractivity contribution is -0.137. The van der Waals surface area contributed by atoms with Crippen molar-refractivity contribution < 1.29 is 17.9 Å². The Morgan fingerprint density at radius 3 is 2.52 bits per heavy atom. The van der Waals surface area contributed by atoms with Crippen LogP contribution in [-0.2, 0) is 12.6 Å². The molecule has 0 amide bonds. The quantitative estimate of drug-likeness (QED) is 0.942. The van der Waals surface area contributed by atoms with Gasteiger partial charge in [-0.2, -0.15) is 18.3 Å². The highest BCUT2D eigenvalue weighted by Gasteiger charge is 2.30. The molecule has 0 aliphatic rings. The summed E-state index contributed by atoms with van der Waals surface area (Å²) in [6.45, 7) is 0. The molecule has 0 bridgehead atoms. The van der Waals surface area contributed by atoms with Gasteiger partial charge in [0, 0.05) is 6.07 Å². The summed E-state index contributed by atoms with van der Waals surface area (Å²) in [6.07, 6.45) is -4.12. The second-order valence-electron chi connectivity index (χ2n) is 4.51. The van der Waals surface area contributed by atoms with Gasteiger partial charge in [-0.25, -0.2) is 0 Å². The molecule has 4 nitrogen and oxygen atoms in total. The third kappa shape index (κ3) is 3.91. The zero-order valence-corrected chi connectivity index (χ0v) is 11.3. The first kappa shape index (κ1) is 15.2. The highest BCUT2D eigenvalue weighted by molar-refractivity contribution is 5.27. The van der Waals surface area contributed by atoms with Gasteiger partial charge in [0.15, 0.2) is 0 Å². The van der Waals surface area contributed by atoms with Crippen molar-refractivity contribution in [3.05, 3.63) is 53.2 Å². The molecule has 112 valence electrons. The molecule has 2 N–H and O–H groups in total. The number of methoxy groups -OCH3 is 1. The fourth-order valence-electron chi connectivity index (χ4n) is 1.87. The van der Waals surface area contributed by atoms with Gasteiger partial charge in [-0.15, -0.1) is 5.10 Å². The standard InChI is InChI=1S/C14H14F3N3O/c1-21-13-6-5-12(19-20-13)11(18)8-9-3-2-4-10(7-9)14(15,16)17/h2-7,11H,8,18H2,1H3. The number of nitrogens with two attached hydrogens (primary N) is 1. The molecule has 0 radical (unpaired) electrons. The first-order valence-electron chi connectivity index (χ1n) is 6.19. The summed E-state index contributed by atoms with van der Waals surface area (Å²) in [7, 11) is 1.46. The van der Waals surface area contributed by atoms with Crippen molar-refractivity contribution in [3.8, 4) is 5.88 Å². The first-order valence-corrected chi connectivity index (χ1v) is 6.19. The van der Waals surface area contributed by atoms with Gasteiger partial charge < -0.3 is 10.5 Å². The van der Waals surface area contributed by atoms with Gasteiger partial charge in [0.2, 0.25) is 5.88 Å². The lowest BCUT2D eigenvalue weighted by Crippen LogP contribution is -2.16. The molecule has 0 saturated carbocycles. The van der Waals surface area contributed by atoms with E-state index in [-0.39, 0.29) is 6.42 Å². The van der Waals surface area contributed by atoms with E-state index in [1.165, 1.54) is 13.2 Å². The summed E-state index contributed by atoms with van der Waals surface area (Å²) in [6, 6.07) is 7.81. The van der Waals surface area contributed by atoms with E-state index in [4.69, 9.17) is 10.5 Å². The van der Waals surface area contributed by atoms with Gasteiger partial charge in [0.05, 0.1) is 24.4 Å². The van der Waals surface area contributed by atoms with E-state index in [9.17, 15) is 13.2 Å². The molecule has 1 atom stereocenters. The molecule has 0 aliphatic heterocycles. The van der Waals surface area contributed by atoms with Crippen molar-refractivity contribution in [3.63, 3.8) is 0 Å². The van der Waals surface area contributed by atoms with Gasteiger partial charge >= 0.3 is 6.18 Å². The molecular formula is C14H14F3N3O. The van der Waals surface area contributed by atoms with Crippen LogP contribution in [0.15, 0.2) is 36.4 Å². The summed E-state index contributed by atoms with van der Waals surface area (Å²) in [5.74, 6) is 0.352. The second-order valence-corrected chi connectivity index (χ2v) is 4.51. The molecule has 21 heavy (non-hydrogen) atoms. The highest BCUT2D eigenvalue weighted by atomic mass is 19.4. The van der Waals surface area contributed by atoms with Crippen LogP contribution >= 0.6 is 0 Å². The van der Waals surface area contributed by atoms with Gasteiger partial charge in [0.25, 0.3) is 0 Å². The van der Waals surface area contributed by atoms with Crippen molar-refractivity contribution in [1.82, 2.24) is 10.2 Å². The van der Waals surface area contributed by atoms with Gasteiger partial charge in [-0.1, -0.05) is 18.2 Å². The zero-order valence-electron chi connectivity index (χ0n) is 11.3. The number of nitrogens with zero attached hydrogens (tertiary/aromatic N) is 2. The average Bonchev–Trinajstić information content (AvgIpc) is 2.47. The lowest BCUT2D eigenvalue weighted by Gasteiger charge is -2.13. The molecule has 7 heteroatoms. The maximum atomic E-state index is 12.6. The maximum Gasteiger partial charge on any atom is 0.416 e. The van der Waals surface area contributed by atoms with Crippen LogP contribution in [0.25, 0.3) is 0 Å². The lowest BCUT2D eigenvalue weighted by atomic mass is 10.0. The monoisotopic (exact) mass is 297 g/mol. The minimum absolute atomic E-state index is 0.241. The largest absolute Gasteiger partial charge is 0.480 e. The van der Waals surface area contributed by atoms with Crippen molar-refractivity contribution in [2.24, 2.45) is 5.73 Å². The normalized spacial score (nSPS) is 13.0. The molecule has 0 spiro atoms. The zero-order chi connectivity index (χ0) is 15.5. The van der Waals surface area contributed by atoms with E-state index in [1.807, 2.05) is 0 Å². The average molecular weight is 297 g/mol. The van der Waals surface area contributed by atoms with E-state index in [2.05, 4.69) is 10.2 Å². The Labute approximate surface area is 119 Å². The number of alkyl halides is 3. The fourth-order valence-corrected chi connectivity index (χ4v) is 1.87. The maximum absolute atomic E-state index is 12.6. The Hall–Kier alpha value is -2.15. The third-order valence-corrected chi connectivity index (χ3v) is 2.96. The molecular weight excluding hydrogens is 283 g/mol. The van der Waals surface area contributed by atoms with Crippen molar-refractivity contribution in [1.29, 1.82) is 0 Å². The van der Waals surface area contributed by atoms with E-state index >= 15 is 0 Å². The SMILES string of the molecule is COc1ccc(C(N)Cc2cccc(C(F)(F)F)c2)nn1. The van der Waals surface area contributed by atoms with Crippen LogP contribution in [0.4, 0.5) is 13.2 Å². The minimum atomic E-state index is -4.36. The Morgan fingerprint density at radius 1 is 1.19 bits per heavy atom. The molecule has 0 fully saturated rings. The summed E-state index contributed by atoms with van der Waals surface area (Å²) in [4.78, 5) is 0. The molecule has 1 unspecified atom stereocenters. The predicted octanol–water partition coefficient (Wildman–Crippen LogP) is 2.75. The number of benzene rings is 1. The molecule has 0 aliphatic carbocycles. The fraction of sp³-hybridized carbons (Fsp3) is 0.286. The van der Waals surface area contributed by atoms with Gasteiger partial charge in [-0.3, -0.25) is 0 Å². The van der Waals surface area contributed by atoms with Gasteiger partial charge in [-0.05, 0) is 24.1 Å². The van der Waals surface area contributed by atoms with Crippen LogP contribution in [0.5, 0.6) is 5.88 Å². The summed E-state index contributed by atoms with van der Waals surface area (Å²) in [5.41, 5.74) is 6.26. The van der Waals surface area contributed by atoms with Crippen LogP contribution in [-0.4, -0.2) is 17.3 Å². The topological polar surface area (TPSA) is 61.0 Å². The van der Waals surface area contributed by atoms with Crippen molar-refractivity contribution in [2.75, 3.05) is 7.11 Å². The highest BCUT2D eigenvalue weighted by Crippen LogP contribution is 2.30. The van der Waals surface area contributed by atoms with Crippen LogP contribution in [0.1, 0.15) is 22.9 Å². The van der Waals surface area contributed by atoms with Crippen LogP contribution in [0, 0.1) is 0 Å². The van der Waals surface area contributed by atoms with Crippen LogP contribution < -0.4 is 10.5 Å². The number of rotatable bonds is 4. The summed E-state index contributed by atoms with van der Waals surface area (Å²) >= 11 is 0. The third-order valence-electron chi connectivity index (χ3n) is 2.96. The van der Waals surface area contributed by atoms with E-state index in [1.54, 1.807) is 18.2 Å². The van der Waals surface area contributed by atoms with Crippen molar-refractivity contribution >= 4 is 0 Å².